The number of fused-ring (bicyclic) bond motifs is 4. The van der Waals surface area contributed by atoms with Crippen LogP contribution in [-0.4, -0.2) is 72.9 Å². The van der Waals surface area contributed by atoms with Crippen molar-refractivity contribution in [2.24, 2.45) is 5.92 Å². The molecule has 10 heterocycles. The van der Waals surface area contributed by atoms with E-state index in [0.717, 1.165) is 113 Å². The van der Waals surface area contributed by atoms with E-state index in [1.807, 2.05) is 89.9 Å². The zero-order valence-corrected chi connectivity index (χ0v) is 39.1. The molecule has 1 saturated carbocycles. The summed E-state index contributed by atoms with van der Waals surface area (Å²) in [5.74, 6) is 1.78. The summed E-state index contributed by atoms with van der Waals surface area (Å²) < 4.78 is 7.42. The summed E-state index contributed by atoms with van der Waals surface area (Å²) in [7, 11) is 1.64. The zero-order valence-electron chi connectivity index (χ0n) is 39.1. The summed E-state index contributed by atoms with van der Waals surface area (Å²) in [6.07, 6.45) is 18.9. The maximum Gasteiger partial charge on any atom is 0.224 e. The van der Waals surface area contributed by atoms with Gasteiger partial charge in [0.15, 0.2) is 5.82 Å². The number of rotatable bonds is 11. The number of anilines is 1. The number of carbonyl (C=O) groups is 1. The number of nitrogens with one attached hydrogen (secondary N) is 4. The van der Waals surface area contributed by atoms with Gasteiger partial charge in [0.25, 0.3) is 0 Å². The van der Waals surface area contributed by atoms with Gasteiger partial charge in [-0.1, -0.05) is 43.5 Å². The van der Waals surface area contributed by atoms with Crippen molar-refractivity contribution >= 4 is 55.2 Å². The number of methoxy groups -OCH3 is 1. The monoisotopic (exact) mass is 943 g/mol. The van der Waals surface area contributed by atoms with Crippen molar-refractivity contribution in [3.05, 3.63) is 153 Å². The minimum Gasteiger partial charge on any atom is -0.495 e. The van der Waals surface area contributed by atoms with Crippen molar-refractivity contribution in [2.75, 3.05) is 12.4 Å². The molecule has 1 fully saturated rings. The van der Waals surface area contributed by atoms with Gasteiger partial charge in [0.2, 0.25) is 5.91 Å². The van der Waals surface area contributed by atoms with E-state index in [9.17, 15) is 4.79 Å². The highest BCUT2D eigenvalue weighted by atomic mass is 16.5. The highest BCUT2D eigenvalue weighted by molar-refractivity contribution is 6.03. The van der Waals surface area contributed by atoms with E-state index >= 15 is 0 Å². The highest BCUT2D eigenvalue weighted by Gasteiger charge is 2.22. The first-order valence-corrected chi connectivity index (χ1v) is 24.1. The number of ether oxygens (including phenoxy) is 1. The fourth-order valence-electron chi connectivity index (χ4n) is 10.2. The van der Waals surface area contributed by atoms with E-state index in [2.05, 4.69) is 71.7 Å². The van der Waals surface area contributed by atoms with E-state index in [1.54, 1.807) is 38.1 Å². The SMILES string of the molecule is COc1cncc(-c2ccc3c(c2)c(-c2cc4c(-c5ccccn5)nccc4[nH]2)nn3-c2cccc(-c3nccc4[nH]c(-c5n[nH]c6ccc(-c7cncc(NC(=O)CC8CCCCC8)c7)cc56)cc34)n2)c1. The molecule has 0 unspecified atom stereocenters. The fraction of sp³-hybridized carbons (Fsp3) is 0.140. The quantitative estimate of drug-likeness (QED) is 0.0969. The molecule has 10 aromatic heterocycles. The Hall–Kier alpha value is -9.37. The largest absolute Gasteiger partial charge is 0.495 e. The number of aromatic amines is 3. The van der Waals surface area contributed by atoms with Crippen molar-refractivity contribution in [1.29, 1.82) is 0 Å². The summed E-state index contributed by atoms with van der Waals surface area (Å²) >= 11 is 0. The van der Waals surface area contributed by atoms with Crippen LogP contribution in [0.3, 0.4) is 0 Å². The third-order valence-corrected chi connectivity index (χ3v) is 13.8. The maximum absolute atomic E-state index is 13.0. The number of amides is 1. The van der Waals surface area contributed by atoms with E-state index in [0.29, 0.717) is 41.0 Å². The van der Waals surface area contributed by atoms with Gasteiger partial charge >= 0.3 is 0 Å². The van der Waals surface area contributed by atoms with Gasteiger partial charge in [-0.2, -0.15) is 10.2 Å². The molecule has 0 spiro atoms. The molecule has 72 heavy (non-hydrogen) atoms. The first kappa shape index (κ1) is 42.7. The van der Waals surface area contributed by atoms with E-state index in [4.69, 9.17) is 29.9 Å². The predicted molar refractivity (Wildman–Crippen MR) is 280 cm³/mol. The zero-order chi connectivity index (χ0) is 48.1. The smallest absolute Gasteiger partial charge is 0.224 e. The third-order valence-electron chi connectivity index (χ3n) is 13.8. The molecule has 0 aliphatic heterocycles. The summed E-state index contributed by atoms with van der Waals surface area (Å²) in [6.45, 7) is 0. The Balaban J connectivity index is 0.857. The first-order chi connectivity index (χ1) is 35.5. The third kappa shape index (κ3) is 7.86. The van der Waals surface area contributed by atoms with Gasteiger partial charge < -0.3 is 20.0 Å². The van der Waals surface area contributed by atoms with Gasteiger partial charge in [0, 0.05) is 81.1 Å². The van der Waals surface area contributed by atoms with Crippen LogP contribution in [0.15, 0.2) is 153 Å². The number of hydrogen-bond donors (Lipinski definition) is 4. The summed E-state index contributed by atoms with van der Waals surface area (Å²) in [6, 6.07) is 36.3. The minimum atomic E-state index is 0.0421. The van der Waals surface area contributed by atoms with E-state index in [1.165, 1.54) is 19.3 Å². The van der Waals surface area contributed by atoms with Crippen LogP contribution in [0.1, 0.15) is 38.5 Å². The van der Waals surface area contributed by atoms with Crippen LogP contribution in [0, 0.1) is 5.92 Å². The average Bonchev–Trinajstić information content (AvgIpc) is 4.25. The molecule has 0 bridgehead atoms. The molecule has 15 nitrogen and oxygen atoms in total. The minimum absolute atomic E-state index is 0.0421. The highest BCUT2D eigenvalue weighted by Crippen LogP contribution is 2.39. The lowest BCUT2D eigenvalue weighted by molar-refractivity contribution is -0.117. The van der Waals surface area contributed by atoms with Crippen molar-refractivity contribution in [3.8, 4) is 79.4 Å². The lowest BCUT2D eigenvalue weighted by Gasteiger charge is -2.20. The molecule has 4 N–H and O–H groups in total. The van der Waals surface area contributed by atoms with Gasteiger partial charge in [-0.3, -0.25) is 34.8 Å². The van der Waals surface area contributed by atoms with Crippen LogP contribution in [0.5, 0.6) is 5.75 Å². The molecule has 0 atom stereocenters. The molecule has 13 rings (SSSR count). The van der Waals surface area contributed by atoms with Gasteiger partial charge in [-0.05, 0) is 115 Å². The Kier molecular flexibility index (Phi) is 10.6. The van der Waals surface area contributed by atoms with Crippen LogP contribution in [0.4, 0.5) is 5.69 Å². The van der Waals surface area contributed by atoms with Crippen molar-refractivity contribution in [1.82, 2.24) is 59.8 Å². The van der Waals surface area contributed by atoms with Gasteiger partial charge in [0.05, 0.1) is 70.4 Å². The molecule has 1 aliphatic carbocycles. The normalized spacial score (nSPS) is 13.1. The molecule has 1 amide bonds. The van der Waals surface area contributed by atoms with E-state index in [-0.39, 0.29) is 5.91 Å². The van der Waals surface area contributed by atoms with Crippen LogP contribution in [-0.2, 0) is 4.79 Å². The summed E-state index contributed by atoms with van der Waals surface area (Å²) in [5.41, 5.74) is 14.1. The fourth-order valence-corrected chi connectivity index (χ4v) is 10.2. The molecule has 350 valence electrons. The lowest BCUT2D eigenvalue weighted by atomic mass is 9.87. The van der Waals surface area contributed by atoms with Crippen LogP contribution >= 0.6 is 0 Å². The Morgan fingerprint density at radius 2 is 1.33 bits per heavy atom. The van der Waals surface area contributed by atoms with Crippen molar-refractivity contribution < 1.29 is 9.53 Å². The maximum atomic E-state index is 13.0. The van der Waals surface area contributed by atoms with Gasteiger partial charge in [-0.15, -0.1) is 0 Å². The molecule has 1 aliphatic rings. The lowest BCUT2D eigenvalue weighted by Crippen LogP contribution is -2.18. The Bertz CT molecular complexity index is 4010. The number of benzene rings is 2. The molecule has 12 aromatic rings. The summed E-state index contributed by atoms with van der Waals surface area (Å²) in [4.78, 5) is 48.7. The van der Waals surface area contributed by atoms with Crippen LogP contribution in [0.25, 0.3) is 117 Å². The molecular formula is C57H45N13O2. The number of carbonyl (C=O) groups excluding carboxylic acids is 1. The van der Waals surface area contributed by atoms with Gasteiger partial charge in [-0.25, -0.2) is 9.67 Å². The Labute approximate surface area is 411 Å². The number of nitrogens with zero attached hydrogens (tertiary/aromatic N) is 9. The molecule has 0 radical (unpaired) electrons. The van der Waals surface area contributed by atoms with Crippen molar-refractivity contribution in [2.45, 2.75) is 38.5 Å². The molecule has 2 aromatic carbocycles. The van der Waals surface area contributed by atoms with Crippen molar-refractivity contribution in [3.63, 3.8) is 0 Å². The summed E-state index contributed by atoms with van der Waals surface area (Å²) in [5, 5.41) is 20.1. The Morgan fingerprint density at radius 3 is 2.11 bits per heavy atom. The second-order valence-corrected chi connectivity index (χ2v) is 18.4. The number of H-pyrrole nitrogens is 3. The molecule has 0 saturated heterocycles. The number of aromatic nitrogens is 12. The second kappa shape index (κ2) is 17.9. The van der Waals surface area contributed by atoms with Crippen LogP contribution < -0.4 is 10.1 Å². The van der Waals surface area contributed by atoms with Gasteiger partial charge in [0.1, 0.15) is 17.1 Å². The topological polar surface area (TPSA) is 194 Å². The standard InChI is InChI=1S/C57H45N13O2/c1-72-39-24-37(30-59-32-39)35-14-16-51-43(26-35)57(50-28-41-44(65-50)17-20-61-54(41)47-10-5-6-19-60-47)69-70(51)52-12-7-11-48(66-52)55-42-27-49(64-45(42)18-21-62-55)56-40-25-34(13-15-46(40)67-68-56)36-23-38(31-58-29-36)63-53(71)22-33-8-3-2-4-9-33/h5-7,10-21,23-33,64-65H,2-4,8-9,22H2,1H3,(H,63,71)(H,67,68). The molecular weight excluding hydrogens is 899 g/mol. The molecule has 15 heteroatoms. The van der Waals surface area contributed by atoms with Crippen LogP contribution in [0.2, 0.25) is 0 Å². The second-order valence-electron chi connectivity index (χ2n) is 18.4. The first-order valence-electron chi connectivity index (χ1n) is 24.1. The number of pyridine rings is 6. The van der Waals surface area contributed by atoms with E-state index < -0.39 is 0 Å². The average molecular weight is 944 g/mol. The Morgan fingerprint density at radius 1 is 0.625 bits per heavy atom. The predicted octanol–water partition coefficient (Wildman–Crippen LogP) is 12.2. The number of hydrogen-bond acceptors (Lipinski definition) is 10.